The third-order valence-corrected chi connectivity index (χ3v) is 10.8. The third kappa shape index (κ3) is 9.35. The molecule has 6 rings (SSSR count). The van der Waals surface area contributed by atoms with Crippen molar-refractivity contribution in [1.29, 1.82) is 0 Å². The number of nitro benzene ring substituents is 1. The van der Waals surface area contributed by atoms with Gasteiger partial charge in [0.15, 0.2) is 5.75 Å². The average molecular weight is 847 g/mol. The fraction of sp³-hybridized carbons (Fsp3) is 0. The fourth-order valence-electron chi connectivity index (χ4n) is 5.41. The Morgan fingerprint density at radius 2 is 1.17 bits per heavy atom. The average Bonchev–Trinajstić information content (AvgIpc) is 3.15. The van der Waals surface area contributed by atoms with Crippen molar-refractivity contribution >= 4 is 93.1 Å². The van der Waals surface area contributed by atoms with E-state index in [1.165, 1.54) is 30.3 Å². The maximum atomic E-state index is 12.4. The number of azo groups is 2. The number of fused-ring (bicyclic) bond motifs is 1. The number of hydrogen-bond donors (Lipinski definition) is 6. The molecule has 0 aliphatic carbocycles. The van der Waals surface area contributed by atoms with Crippen molar-refractivity contribution in [1.82, 2.24) is 0 Å². The second-order valence-electron chi connectivity index (χ2n) is 12.0. The van der Waals surface area contributed by atoms with Gasteiger partial charge in [-0.1, -0.05) is 36.4 Å². The molecule has 0 atom stereocenters. The summed E-state index contributed by atoms with van der Waals surface area (Å²) in [6, 6.07) is 24.4. The summed E-state index contributed by atoms with van der Waals surface area (Å²) >= 11 is 0. The van der Waals surface area contributed by atoms with E-state index in [0.29, 0.717) is 11.8 Å². The number of hydrogen-bond acceptors (Lipinski definition) is 15. The first-order valence-corrected chi connectivity index (χ1v) is 20.4. The Hall–Kier alpha value is -6.95. The van der Waals surface area contributed by atoms with Crippen molar-refractivity contribution < 1.29 is 54.0 Å². The number of nitrogens with zero attached hydrogens (tertiary/aromatic N) is 5. The van der Waals surface area contributed by atoms with Crippen molar-refractivity contribution in [2.75, 3.05) is 5.32 Å². The van der Waals surface area contributed by atoms with Gasteiger partial charge in [-0.2, -0.15) is 35.5 Å². The highest BCUT2D eigenvalue weighted by atomic mass is 32.2. The molecule has 0 bridgehead atoms. The Kier molecular flexibility index (Phi) is 11.2. The summed E-state index contributed by atoms with van der Waals surface area (Å²) in [6.07, 6.45) is 2.12. The number of aromatic hydroxyl groups is 2. The molecule has 0 spiro atoms. The first-order chi connectivity index (χ1) is 27.3. The van der Waals surface area contributed by atoms with Gasteiger partial charge in [-0.05, 0) is 83.2 Å². The van der Waals surface area contributed by atoms with E-state index in [4.69, 9.17) is 0 Å². The van der Waals surface area contributed by atoms with Crippen LogP contribution in [0.2, 0.25) is 0 Å². The summed E-state index contributed by atoms with van der Waals surface area (Å²) in [5.41, 5.74) is -0.694. The van der Waals surface area contributed by atoms with E-state index < -0.39 is 72.8 Å². The number of anilines is 2. The van der Waals surface area contributed by atoms with Crippen LogP contribution in [-0.2, 0) is 30.4 Å². The summed E-state index contributed by atoms with van der Waals surface area (Å²) in [5, 5.41) is 51.8. The maximum absolute atomic E-state index is 12.4. The molecule has 6 aromatic carbocycles. The van der Waals surface area contributed by atoms with Crippen molar-refractivity contribution in [3.63, 3.8) is 0 Å². The molecule has 0 saturated carbocycles. The van der Waals surface area contributed by atoms with Gasteiger partial charge >= 0.3 is 0 Å². The lowest BCUT2D eigenvalue weighted by Crippen LogP contribution is -2.02. The van der Waals surface area contributed by atoms with Crippen molar-refractivity contribution in [3.8, 4) is 11.5 Å². The quantitative estimate of drug-likeness (QED) is 0.0221. The summed E-state index contributed by atoms with van der Waals surface area (Å²) in [6.45, 7) is 0. The molecule has 0 fully saturated rings. The summed E-state index contributed by atoms with van der Waals surface area (Å²) in [5.74, 6) is -1.16. The highest BCUT2D eigenvalue weighted by Crippen LogP contribution is 2.43. The molecular weight excluding hydrogens is 821 g/mol. The molecule has 0 aliphatic rings. The fourth-order valence-corrected chi connectivity index (χ4v) is 7.48. The highest BCUT2D eigenvalue weighted by Gasteiger charge is 2.23. The largest absolute Gasteiger partial charge is 0.506 e. The zero-order chi connectivity index (χ0) is 42.0. The van der Waals surface area contributed by atoms with Crippen LogP contribution in [0.3, 0.4) is 0 Å². The van der Waals surface area contributed by atoms with Gasteiger partial charge in [0.05, 0.1) is 16.3 Å². The number of benzene rings is 6. The van der Waals surface area contributed by atoms with Gasteiger partial charge in [-0.15, -0.1) is 10.2 Å². The van der Waals surface area contributed by atoms with Crippen molar-refractivity contribution in [3.05, 3.63) is 130 Å². The zero-order valence-electron chi connectivity index (χ0n) is 29.0. The Morgan fingerprint density at radius 3 is 1.78 bits per heavy atom. The van der Waals surface area contributed by atoms with Gasteiger partial charge in [0.2, 0.25) is 0 Å². The molecule has 58 heavy (non-hydrogen) atoms. The van der Waals surface area contributed by atoms with Crippen LogP contribution < -0.4 is 5.32 Å². The monoisotopic (exact) mass is 846 g/mol. The Bertz CT molecular complexity index is 3070. The normalized spacial score (nSPS) is 12.5. The molecular formula is C36H26N6O13S3. The van der Waals surface area contributed by atoms with Crippen LogP contribution in [0, 0.1) is 10.1 Å². The second-order valence-corrected chi connectivity index (χ2v) is 16.2. The van der Waals surface area contributed by atoms with Gasteiger partial charge in [0.25, 0.3) is 36.0 Å². The Morgan fingerprint density at radius 1 is 0.586 bits per heavy atom. The summed E-state index contributed by atoms with van der Waals surface area (Å²) in [4.78, 5) is 7.92. The predicted octanol–water partition coefficient (Wildman–Crippen LogP) is 8.64. The van der Waals surface area contributed by atoms with Crippen LogP contribution in [-0.4, -0.2) is 54.0 Å². The number of nitrogens with one attached hydrogen (secondary N) is 1. The van der Waals surface area contributed by atoms with Crippen LogP contribution in [0.1, 0.15) is 11.1 Å². The molecule has 0 aromatic heterocycles. The summed E-state index contributed by atoms with van der Waals surface area (Å²) < 4.78 is 102. The molecule has 6 aromatic rings. The van der Waals surface area contributed by atoms with E-state index in [1.54, 1.807) is 12.1 Å². The Balaban J connectivity index is 1.26. The number of phenols is 2. The van der Waals surface area contributed by atoms with Crippen LogP contribution in [0.5, 0.6) is 11.5 Å². The minimum absolute atomic E-state index is 0.00293. The van der Waals surface area contributed by atoms with Gasteiger partial charge in [0, 0.05) is 35.0 Å². The molecule has 0 amide bonds. The van der Waals surface area contributed by atoms with Crippen molar-refractivity contribution in [2.45, 2.75) is 14.7 Å². The maximum Gasteiger partial charge on any atom is 0.296 e. The van der Waals surface area contributed by atoms with Crippen LogP contribution in [0.25, 0.3) is 22.9 Å². The van der Waals surface area contributed by atoms with Gasteiger partial charge in [0.1, 0.15) is 31.8 Å². The number of phenolic OH excluding ortho intramolecular Hbond substituents is 2. The standard InChI is InChI=1S/C36H26N6O13S3/c43-31-18-26(38-39-27-10-8-21(32(19-27)56(47,48)49)6-7-22-9-13-28(42(45)46)20-33(22)57(50,51)52)12-15-30(31)40-41-35-34(58(53,54)55)17-23-16-25(11-14-29(23)36(35)44)37-24-4-2-1-3-5-24/h1-20,37,43-44H,(H,47,48,49)(H,50,51,52)(H,53,54,55)/b7-6-,39-38?,41-40?. The number of rotatable bonds is 12. The third-order valence-electron chi connectivity index (χ3n) is 8.09. The first-order valence-electron chi connectivity index (χ1n) is 16.1. The molecule has 0 unspecified atom stereocenters. The molecule has 0 heterocycles. The lowest BCUT2D eigenvalue weighted by atomic mass is 10.1. The first kappa shape index (κ1) is 40.7. The van der Waals surface area contributed by atoms with E-state index in [1.807, 2.05) is 30.3 Å². The molecule has 296 valence electrons. The topological polar surface area (TPSA) is 308 Å². The SMILES string of the molecule is O=[N+]([O-])c1ccc(/C=C\c2ccc(N=Nc3ccc(N=Nc4c(S(=O)(=O)O)cc5cc(Nc6ccccc6)ccc5c4O)c(O)c3)cc2S(=O)(=O)O)c(S(=O)(=O)O)c1. The Labute approximate surface area is 328 Å². The van der Waals surface area contributed by atoms with E-state index in [2.05, 4.69) is 25.8 Å². The molecule has 0 aliphatic heterocycles. The molecule has 0 saturated heterocycles. The van der Waals surface area contributed by atoms with Crippen LogP contribution in [0.15, 0.2) is 144 Å². The van der Waals surface area contributed by atoms with Crippen LogP contribution in [0.4, 0.5) is 39.8 Å². The van der Waals surface area contributed by atoms with Gasteiger partial charge < -0.3 is 15.5 Å². The van der Waals surface area contributed by atoms with Crippen LogP contribution >= 0.6 is 0 Å². The smallest absolute Gasteiger partial charge is 0.296 e. The van der Waals surface area contributed by atoms with E-state index in [9.17, 15) is 59.2 Å². The highest BCUT2D eigenvalue weighted by molar-refractivity contribution is 7.86. The summed E-state index contributed by atoms with van der Waals surface area (Å²) in [7, 11) is -14.8. The zero-order valence-corrected chi connectivity index (χ0v) is 31.5. The molecule has 0 radical (unpaired) electrons. The molecule has 19 nitrogen and oxygen atoms in total. The minimum atomic E-state index is -4.95. The predicted molar refractivity (Wildman–Crippen MR) is 210 cm³/mol. The number of nitro groups is 1. The van der Waals surface area contributed by atoms with Gasteiger partial charge in [-0.25, -0.2) is 0 Å². The molecule has 6 N–H and O–H groups in total. The number of para-hydroxylation sites is 1. The molecule has 22 heteroatoms. The lowest BCUT2D eigenvalue weighted by molar-refractivity contribution is -0.385. The lowest BCUT2D eigenvalue weighted by Gasteiger charge is -2.11. The second kappa shape index (κ2) is 15.9. The minimum Gasteiger partial charge on any atom is -0.506 e. The van der Waals surface area contributed by atoms with E-state index in [0.717, 1.165) is 48.2 Å². The van der Waals surface area contributed by atoms with Gasteiger partial charge in [-0.3, -0.25) is 23.8 Å². The van der Waals surface area contributed by atoms with Crippen molar-refractivity contribution in [2.24, 2.45) is 20.5 Å². The van der Waals surface area contributed by atoms with E-state index in [-0.39, 0.29) is 39.0 Å². The van der Waals surface area contributed by atoms with E-state index >= 15 is 0 Å². The number of non-ortho nitro benzene ring substituents is 1.